The Labute approximate surface area is 107 Å². The first-order valence-electron chi connectivity index (χ1n) is 5.33. The Bertz CT molecular complexity index is 609. The SMILES string of the molecule is Cc1nc2sccn2c1CNCc1cncs1. The van der Waals surface area contributed by atoms with Crippen LogP contribution in [0.1, 0.15) is 16.3 Å². The molecule has 88 valence electrons. The lowest BCUT2D eigenvalue weighted by Gasteiger charge is -2.03. The monoisotopic (exact) mass is 264 g/mol. The molecule has 0 amide bonds. The molecule has 0 bridgehead atoms. The molecule has 4 nitrogen and oxygen atoms in total. The van der Waals surface area contributed by atoms with Crippen molar-refractivity contribution in [3.63, 3.8) is 0 Å². The summed E-state index contributed by atoms with van der Waals surface area (Å²) >= 11 is 3.35. The quantitative estimate of drug-likeness (QED) is 0.787. The van der Waals surface area contributed by atoms with Crippen LogP contribution in [0.4, 0.5) is 0 Å². The lowest BCUT2D eigenvalue weighted by molar-refractivity contribution is 0.678. The van der Waals surface area contributed by atoms with Gasteiger partial charge in [-0.25, -0.2) is 4.98 Å². The van der Waals surface area contributed by atoms with Crippen molar-refractivity contribution in [2.24, 2.45) is 0 Å². The van der Waals surface area contributed by atoms with E-state index in [9.17, 15) is 0 Å². The molecule has 0 aromatic carbocycles. The van der Waals surface area contributed by atoms with E-state index in [0.29, 0.717) is 0 Å². The normalized spacial score (nSPS) is 11.4. The van der Waals surface area contributed by atoms with E-state index >= 15 is 0 Å². The first kappa shape index (κ1) is 10.9. The van der Waals surface area contributed by atoms with Crippen LogP contribution < -0.4 is 5.32 Å². The fourth-order valence-corrected chi connectivity index (χ4v) is 3.13. The average Bonchev–Trinajstić information content (AvgIpc) is 2.98. The zero-order valence-corrected chi connectivity index (χ0v) is 11.0. The first-order chi connectivity index (χ1) is 8.34. The van der Waals surface area contributed by atoms with Crippen molar-refractivity contribution < 1.29 is 0 Å². The number of hydrogen-bond donors (Lipinski definition) is 1. The molecule has 3 heterocycles. The summed E-state index contributed by atoms with van der Waals surface area (Å²) in [4.78, 5) is 10.9. The Balaban J connectivity index is 1.72. The van der Waals surface area contributed by atoms with Gasteiger partial charge in [-0.05, 0) is 6.92 Å². The van der Waals surface area contributed by atoms with Gasteiger partial charge >= 0.3 is 0 Å². The molecule has 0 aliphatic carbocycles. The first-order valence-corrected chi connectivity index (χ1v) is 7.09. The van der Waals surface area contributed by atoms with Gasteiger partial charge in [0, 0.05) is 35.7 Å². The van der Waals surface area contributed by atoms with Crippen molar-refractivity contribution in [2.45, 2.75) is 20.0 Å². The Morgan fingerprint density at radius 1 is 1.35 bits per heavy atom. The zero-order valence-electron chi connectivity index (χ0n) is 9.38. The minimum atomic E-state index is 0.835. The smallest absolute Gasteiger partial charge is 0.194 e. The molecule has 3 rings (SSSR count). The maximum Gasteiger partial charge on any atom is 0.194 e. The predicted molar refractivity (Wildman–Crippen MR) is 70.5 cm³/mol. The summed E-state index contributed by atoms with van der Waals surface area (Å²) in [6.45, 7) is 3.76. The lowest BCUT2D eigenvalue weighted by atomic mass is 10.3. The van der Waals surface area contributed by atoms with Crippen molar-refractivity contribution in [3.05, 3.63) is 39.5 Å². The van der Waals surface area contributed by atoms with E-state index in [0.717, 1.165) is 23.7 Å². The zero-order chi connectivity index (χ0) is 11.7. The molecule has 0 aliphatic heterocycles. The molecular formula is C11H12N4S2. The summed E-state index contributed by atoms with van der Waals surface area (Å²) in [6.07, 6.45) is 3.98. The number of rotatable bonds is 4. The van der Waals surface area contributed by atoms with Crippen LogP contribution in [-0.4, -0.2) is 14.4 Å². The van der Waals surface area contributed by atoms with Gasteiger partial charge in [0.2, 0.25) is 0 Å². The van der Waals surface area contributed by atoms with Crippen molar-refractivity contribution in [1.29, 1.82) is 0 Å². The molecular weight excluding hydrogens is 252 g/mol. The summed E-state index contributed by atoms with van der Waals surface area (Å²) in [7, 11) is 0. The van der Waals surface area contributed by atoms with Crippen molar-refractivity contribution >= 4 is 27.6 Å². The Morgan fingerprint density at radius 3 is 3.12 bits per heavy atom. The van der Waals surface area contributed by atoms with Crippen LogP contribution in [0, 0.1) is 6.92 Å². The third-order valence-corrected chi connectivity index (χ3v) is 4.17. The third kappa shape index (κ3) is 2.11. The minimum absolute atomic E-state index is 0.835. The van der Waals surface area contributed by atoms with Crippen LogP contribution >= 0.6 is 22.7 Å². The topological polar surface area (TPSA) is 42.2 Å². The maximum atomic E-state index is 4.52. The summed E-state index contributed by atoms with van der Waals surface area (Å²) in [5.74, 6) is 0. The van der Waals surface area contributed by atoms with E-state index in [1.54, 1.807) is 22.7 Å². The molecule has 0 saturated carbocycles. The van der Waals surface area contributed by atoms with E-state index in [2.05, 4.69) is 38.2 Å². The van der Waals surface area contributed by atoms with Crippen LogP contribution in [-0.2, 0) is 13.1 Å². The predicted octanol–water partition coefficient (Wildman–Crippen LogP) is 2.45. The van der Waals surface area contributed by atoms with E-state index < -0.39 is 0 Å². The highest BCUT2D eigenvalue weighted by Gasteiger charge is 2.08. The summed E-state index contributed by atoms with van der Waals surface area (Å²) in [5, 5.41) is 5.49. The van der Waals surface area contributed by atoms with Crippen LogP contribution in [0.2, 0.25) is 0 Å². The van der Waals surface area contributed by atoms with Crippen molar-refractivity contribution in [3.8, 4) is 0 Å². The standard InChI is InChI=1S/C11H12N4S2/c1-8-10(15-2-3-16-11(15)14-8)6-12-4-9-5-13-7-17-9/h2-3,5,7,12H,4,6H2,1H3. The largest absolute Gasteiger partial charge is 0.306 e. The molecule has 0 aliphatic rings. The van der Waals surface area contributed by atoms with Gasteiger partial charge in [-0.1, -0.05) is 0 Å². The highest BCUT2D eigenvalue weighted by atomic mass is 32.1. The highest BCUT2D eigenvalue weighted by molar-refractivity contribution is 7.15. The molecule has 0 fully saturated rings. The van der Waals surface area contributed by atoms with E-state index in [4.69, 9.17) is 0 Å². The van der Waals surface area contributed by atoms with Gasteiger partial charge in [-0.2, -0.15) is 0 Å². The molecule has 17 heavy (non-hydrogen) atoms. The molecule has 3 aromatic rings. The Hall–Kier alpha value is -1.24. The molecule has 0 unspecified atom stereocenters. The van der Waals surface area contributed by atoms with Crippen molar-refractivity contribution in [1.82, 2.24) is 19.7 Å². The van der Waals surface area contributed by atoms with E-state index in [-0.39, 0.29) is 0 Å². The molecule has 0 saturated heterocycles. The van der Waals surface area contributed by atoms with Crippen LogP contribution in [0.25, 0.3) is 4.96 Å². The number of nitrogens with one attached hydrogen (secondary N) is 1. The molecule has 0 radical (unpaired) electrons. The highest BCUT2D eigenvalue weighted by Crippen LogP contribution is 2.16. The minimum Gasteiger partial charge on any atom is -0.306 e. The van der Waals surface area contributed by atoms with Gasteiger partial charge in [0.05, 0.1) is 16.9 Å². The summed E-state index contributed by atoms with van der Waals surface area (Å²) in [5.41, 5.74) is 4.21. The Morgan fingerprint density at radius 2 is 2.29 bits per heavy atom. The fourth-order valence-electron chi connectivity index (χ4n) is 1.79. The summed E-state index contributed by atoms with van der Waals surface area (Å²) in [6, 6.07) is 0. The fraction of sp³-hybridized carbons (Fsp3) is 0.273. The number of hydrogen-bond acceptors (Lipinski definition) is 5. The second kappa shape index (κ2) is 4.56. The molecule has 1 N–H and O–H groups in total. The van der Waals surface area contributed by atoms with Gasteiger partial charge in [-0.3, -0.25) is 9.38 Å². The second-order valence-corrected chi connectivity index (χ2v) is 5.61. The second-order valence-electron chi connectivity index (χ2n) is 3.77. The van der Waals surface area contributed by atoms with E-state index in [1.165, 1.54) is 10.6 Å². The number of nitrogens with zero attached hydrogens (tertiary/aromatic N) is 3. The average molecular weight is 264 g/mol. The molecule has 3 aromatic heterocycles. The van der Waals surface area contributed by atoms with E-state index in [1.807, 2.05) is 11.7 Å². The third-order valence-electron chi connectivity index (χ3n) is 2.64. The maximum absolute atomic E-state index is 4.52. The number of fused-ring (bicyclic) bond motifs is 1. The van der Waals surface area contributed by atoms with Gasteiger partial charge in [-0.15, -0.1) is 22.7 Å². The number of imidazole rings is 1. The lowest BCUT2D eigenvalue weighted by Crippen LogP contribution is -2.13. The molecule has 0 atom stereocenters. The number of aromatic nitrogens is 3. The van der Waals surface area contributed by atoms with Gasteiger partial charge < -0.3 is 5.32 Å². The Kier molecular flexibility index (Phi) is 2.92. The number of aryl methyl sites for hydroxylation is 1. The van der Waals surface area contributed by atoms with Crippen LogP contribution in [0.3, 0.4) is 0 Å². The van der Waals surface area contributed by atoms with Gasteiger partial charge in [0.1, 0.15) is 0 Å². The van der Waals surface area contributed by atoms with Crippen molar-refractivity contribution in [2.75, 3.05) is 0 Å². The molecule has 0 spiro atoms. The number of thiazole rings is 2. The van der Waals surface area contributed by atoms with Gasteiger partial charge in [0.25, 0.3) is 0 Å². The van der Waals surface area contributed by atoms with Gasteiger partial charge in [0.15, 0.2) is 4.96 Å². The van der Waals surface area contributed by atoms with Crippen LogP contribution in [0.5, 0.6) is 0 Å². The van der Waals surface area contributed by atoms with Crippen LogP contribution in [0.15, 0.2) is 23.3 Å². The summed E-state index contributed by atoms with van der Waals surface area (Å²) < 4.78 is 2.15. The molecule has 6 heteroatoms.